The second-order valence-corrected chi connectivity index (χ2v) is 5.29. The SMILES string of the molecule is Cc1cc(C(=O)O)nc(N2CCCc3ccccc3C2)n1. The van der Waals surface area contributed by atoms with E-state index in [0.717, 1.165) is 25.9 Å². The third-order valence-corrected chi connectivity index (χ3v) is 3.70. The van der Waals surface area contributed by atoms with Crippen LogP contribution in [0.3, 0.4) is 0 Å². The molecule has 0 bridgehead atoms. The fourth-order valence-electron chi connectivity index (χ4n) is 2.68. The molecule has 0 aliphatic carbocycles. The summed E-state index contributed by atoms with van der Waals surface area (Å²) in [5, 5.41) is 9.14. The first-order valence-corrected chi connectivity index (χ1v) is 7.04. The van der Waals surface area contributed by atoms with Crippen molar-refractivity contribution in [2.75, 3.05) is 11.4 Å². The van der Waals surface area contributed by atoms with Crippen molar-refractivity contribution >= 4 is 11.9 Å². The highest BCUT2D eigenvalue weighted by molar-refractivity contribution is 5.85. The van der Waals surface area contributed by atoms with Crippen molar-refractivity contribution in [3.8, 4) is 0 Å². The van der Waals surface area contributed by atoms with E-state index in [1.807, 2.05) is 6.07 Å². The zero-order valence-corrected chi connectivity index (χ0v) is 11.9. The first kappa shape index (κ1) is 13.5. The summed E-state index contributed by atoms with van der Waals surface area (Å²) in [5.41, 5.74) is 3.34. The number of nitrogens with zero attached hydrogens (tertiary/aromatic N) is 3. The highest BCUT2D eigenvalue weighted by Gasteiger charge is 2.18. The lowest BCUT2D eigenvalue weighted by Crippen LogP contribution is -2.25. The van der Waals surface area contributed by atoms with Gasteiger partial charge in [0.1, 0.15) is 0 Å². The number of hydrogen-bond acceptors (Lipinski definition) is 4. The van der Waals surface area contributed by atoms with Crippen molar-refractivity contribution in [2.45, 2.75) is 26.3 Å². The molecule has 1 aliphatic heterocycles. The predicted molar refractivity (Wildman–Crippen MR) is 79.5 cm³/mol. The molecule has 5 heteroatoms. The van der Waals surface area contributed by atoms with Gasteiger partial charge in [-0.1, -0.05) is 24.3 Å². The molecule has 0 fully saturated rings. The van der Waals surface area contributed by atoms with Crippen LogP contribution in [0.1, 0.15) is 33.7 Å². The fraction of sp³-hybridized carbons (Fsp3) is 0.312. The number of aryl methyl sites for hydroxylation is 2. The summed E-state index contributed by atoms with van der Waals surface area (Å²) in [5.74, 6) is -0.513. The lowest BCUT2D eigenvalue weighted by molar-refractivity contribution is 0.0690. The highest BCUT2D eigenvalue weighted by Crippen LogP contribution is 2.22. The smallest absolute Gasteiger partial charge is 0.354 e. The van der Waals surface area contributed by atoms with Gasteiger partial charge in [-0.15, -0.1) is 0 Å². The molecule has 21 heavy (non-hydrogen) atoms. The second kappa shape index (κ2) is 5.52. The quantitative estimate of drug-likeness (QED) is 0.917. The van der Waals surface area contributed by atoms with Gasteiger partial charge in [-0.3, -0.25) is 0 Å². The summed E-state index contributed by atoms with van der Waals surface area (Å²) in [6, 6.07) is 9.85. The Labute approximate surface area is 123 Å². The van der Waals surface area contributed by atoms with Gasteiger partial charge in [-0.05, 0) is 37.0 Å². The average Bonchev–Trinajstić information content (AvgIpc) is 2.68. The Balaban J connectivity index is 1.95. The largest absolute Gasteiger partial charge is 0.477 e. The van der Waals surface area contributed by atoms with E-state index in [-0.39, 0.29) is 5.69 Å². The van der Waals surface area contributed by atoms with Crippen LogP contribution in [0.15, 0.2) is 30.3 Å². The van der Waals surface area contributed by atoms with Crippen LogP contribution in [0, 0.1) is 6.92 Å². The highest BCUT2D eigenvalue weighted by atomic mass is 16.4. The van der Waals surface area contributed by atoms with Gasteiger partial charge < -0.3 is 10.0 Å². The van der Waals surface area contributed by atoms with Gasteiger partial charge >= 0.3 is 5.97 Å². The number of rotatable bonds is 2. The standard InChI is InChI=1S/C16H17N3O2/c1-11-9-14(15(20)21)18-16(17-11)19-8-4-7-12-5-2-3-6-13(12)10-19/h2-3,5-6,9H,4,7-8,10H2,1H3,(H,20,21). The Bertz CT molecular complexity index is 685. The molecule has 0 radical (unpaired) electrons. The van der Waals surface area contributed by atoms with Crippen LogP contribution in [-0.4, -0.2) is 27.6 Å². The maximum atomic E-state index is 11.1. The van der Waals surface area contributed by atoms with E-state index >= 15 is 0 Å². The molecule has 1 aromatic heterocycles. The molecule has 108 valence electrons. The van der Waals surface area contributed by atoms with Crippen LogP contribution in [0.25, 0.3) is 0 Å². The molecule has 0 saturated carbocycles. The number of carboxylic acids is 1. The summed E-state index contributed by atoms with van der Waals surface area (Å²) in [6.07, 6.45) is 2.04. The number of aromatic nitrogens is 2. The number of fused-ring (bicyclic) bond motifs is 1. The van der Waals surface area contributed by atoms with Crippen molar-refractivity contribution < 1.29 is 9.90 Å². The molecule has 1 N–H and O–H groups in total. The van der Waals surface area contributed by atoms with Crippen LogP contribution in [0.5, 0.6) is 0 Å². The van der Waals surface area contributed by atoms with Crippen LogP contribution >= 0.6 is 0 Å². The van der Waals surface area contributed by atoms with Crippen molar-refractivity contribution in [1.29, 1.82) is 0 Å². The van der Waals surface area contributed by atoms with Crippen molar-refractivity contribution in [2.24, 2.45) is 0 Å². The van der Waals surface area contributed by atoms with E-state index in [4.69, 9.17) is 5.11 Å². The minimum atomic E-state index is -1.02. The molecule has 0 atom stereocenters. The minimum Gasteiger partial charge on any atom is -0.477 e. The molecule has 5 nitrogen and oxygen atoms in total. The summed E-state index contributed by atoms with van der Waals surface area (Å²) >= 11 is 0. The zero-order chi connectivity index (χ0) is 14.8. The lowest BCUT2D eigenvalue weighted by Gasteiger charge is -2.21. The Kier molecular flexibility index (Phi) is 3.56. The predicted octanol–water partition coefficient (Wildman–Crippen LogP) is 2.44. The number of anilines is 1. The number of carboxylic acid groups (broad SMARTS) is 1. The van der Waals surface area contributed by atoms with Gasteiger partial charge in [-0.2, -0.15) is 0 Å². The molecule has 0 saturated heterocycles. The van der Waals surface area contributed by atoms with Crippen molar-refractivity contribution in [1.82, 2.24) is 9.97 Å². The monoisotopic (exact) mass is 283 g/mol. The molecule has 2 aromatic rings. The molecule has 0 unspecified atom stereocenters. The number of hydrogen-bond donors (Lipinski definition) is 1. The summed E-state index contributed by atoms with van der Waals surface area (Å²) in [4.78, 5) is 21.8. The van der Waals surface area contributed by atoms with Crippen LogP contribution < -0.4 is 4.90 Å². The van der Waals surface area contributed by atoms with Crippen LogP contribution in [0.2, 0.25) is 0 Å². The van der Waals surface area contributed by atoms with Gasteiger partial charge in [-0.25, -0.2) is 14.8 Å². The van der Waals surface area contributed by atoms with Crippen molar-refractivity contribution in [3.05, 3.63) is 52.8 Å². The summed E-state index contributed by atoms with van der Waals surface area (Å²) in [7, 11) is 0. The minimum absolute atomic E-state index is 0.0510. The maximum absolute atomic E-state index is 11.1. The van der Waals surface area contributed by atoms with E-state index < -0.39 is 5.97 Å². The van der Waals surface area contributed by atoms with Gasteiger partial charge in [0, 0.05) is 18.8 Å². The zero-order valence-electron chi connectivity index (χ0n) is 11.9. The number of carbonyl (C=O) groups is 1. The van der Waals surface area contributed by atoms with E-state index in [2.05, 4.69) is 33.1 Å². The van der Waals surface area contributed by atoms with Gasteiger partial charge in [0.15, 0.2) is 5.69 Å². The Morgan fingerprint density at radius 2 is 2.00 bits per heavy atom. The van der Waals surface area contributed by atoms with E-state index in [1.165, 1.54) is 17.2 Å². The Morgan fingerprint density at radius 1 is 1.24 bits per heavy atom. The fourth-order valence-corrected chi connectivity index (χ4v) is 2.68. The second-order valence-electron chi connectivity index (χ2n) is 5.29. The summed E-state index contributed by atoms with van der Waals surface area (Å²) < 4.78 is 0. The van der Waals surface area contributed by atoms with Crippen molar-refractivity contribution in [3.63, 3.8) is 0 Å². The topological polar surface area (TPSA) is 66.3 Å². The molecule has 0 spiro atoms. The third kappa shape index (κ3) is 2.86. The van der Waals surface area contributed by atoms with E-state index in [1.54, 1.807) is 6.92 Å². The maximum Gasteiger partial charge on any atom is 0.354 e. The van der Waals surface area contributed by atoms with Gasteiger partial charge in [0.2, 0.25) is 5.95 Å². The normalized spacial score (nSPS) is 14.4. The molecule has 2 heterocycles. The molecular weight excluding hydrogens is 266 g/mol. The molecular formula is C16H17N3O2. The van der Waals surface area contributed by atoms with E-state index in [0.29, 0.717) is 11.6 Å². The number of aromatic carboxylic acids is 1. The van der Waals surface area contributed by atoms with Crippen LogP contribution in [0.4, 0.5) is 5.95 Å². The average molecular weight is 283 g/mol. The Hall–Kier alpha value is -2.43. The number of benzene rings is 1. The van der Waals surface area contributed by atoms with E-state index in [9.17, 15) is 4.79 Å². The molecule has 1 aliphatic rings. The van der Waals surface area contributed by atoms with Gasteiger partial charge in [0.25, 0.3) is 0 Å². The lowest BCUT2D eigenvalue weighted by atomic mass is 10.0. The first-order valence-electron chi connectivity index (χ1n) is 7.04. The third-order valence-electron chi connectivity index (χ3n) is 3.70. The van der Waals surface area contributed by atoms with Crippen LogP contribution in [-0.2, 0) is 13.0 Å². The first-order chi connectivity index (χ1) is 10.1. The van der Waals surface area contributed by atoms with Gasteiger partial charge in [0.05, 0.1) is 0 Å². The summed E-state index contributed by atoms with van der Waals surface area (Å²) in [6.45, 7) is 3.35. The molecule has 1 aromatic carbocycles. The molecule has 3 rings (SSSR count). The molecule has 0 amide bonds. The Morgan fingerprint density at radius 3 is 2.76 bits per heavy atom.